The van der Waals surface area contributed by atoms with Crippen LogP contribution in [0.4, 0.5) is 11.4 Å². The van der Waals surface area contributed by atoms with Crippen LogP contribution >= 0.6 is 11.6 Å². The van der Waals surface area contributed by atoms with Crippen LogP contribution in [0.5, 0.6) is 5.75 Å². The van der Waals surface area contributed by atoms with Gasteiger partial charge in [0.1, 0.15) is 5.75 Å². The summed E-state index contributed by atoms with van der Waals surface area (Å²) in [4.78, 5) is 23.1. The minimum Gasteiger partial charge on any atom is -0.482 e. The van der Waals surface area contributed by atoms with Crippen molar-refractivity contribution in [1.29, 1.82) is 0 Å². The molecule has 0 atom stereocenters. The molecule has 8 nitrogen and oxygen atoms in total. The SMILES string of the molecule is Cc1ccc(NS(=O)(=O)c2ccc(OCC(=O)Nc3ccc(C(N)=O)cc3)c(Cl)c2)cc1. The molecule has 0 aliphatic rings. The van der Waals surface area contributed by atoms with Gasteiger partial charge in [-0.15, -0.1) is 0 Å². The average molecular weight is 474 g/mol. The van der Waals surface area contributed by atoms with Gasteiger partial charge in [-0.25, -0.2) is 8.42 Å². The Kier molecular flexibility index (Phi) is 7.01. The predicted molar refractivity (Wildman–Crippen MR) is 123 cm³/mol. The van der Waals surface area contributed by atoms with E-state index in [0.717, 1.165) is 5.56 Å². The maximum Gasteiger partial charge on any atom is 0.262 e. The van der Waals surface area contributed by atoms with Crippen LogP contribution in [0, 0.1) is 6.92 Å². The molecule has 3 aromatic rings. The van der Waals surface area contributed by atoms with Crippen molar-refractivity contribution in [3.8, 4) is 5.75 Å². The van der Waals surface area contributed by atoms with Gasteiger partial charge in [0, 0.05) is 16.9 Å². The second-order valence-corrected chi connectivity index (χ2v) is 8.93. The lowest BCUT2D eigenvalue weighted by molar-refractivity contribution is -0.118. The van der Waals surface area contributed by atoms with E-state index in [1.54, 1.807) is 24.3 Å². The van der Waals surface area contributed by atoms with Gasteiger partial charge in [0.25, 0.3) is 15.9 Å². The number of ether oxygens (including phenoxy) is 1. The summed E-state index contributed by atoms with van der Waals surface area (Å²) in [6.07, 6.45) is 0. The lowest BCUT2D eigenvalue weighted by Gasteiger charge is -2.12. The van der Waals surface area contributed by atoms with E-state index in [9.17, 15) is 18.0 Å². The van der Waals surface area contributed by atoms with E-state index in [-0.39, 0.29) is 22.3 Å². The van der Waals surface area contributed by atoms with Crippen LogP contribution in [0.25, 0.3) is 0 Å². The number of halogens is 1. The molecule has 10 heteroatoms. The number of nitrogens with one attached hydrogen (secondary N) is 2. The minimum absolute atomic E-state index is 0.0374. The summed E-state index contributed by atoms with van der Waals surface area (Å²) in [5.41, 5.74) is 7.37. The summed E-state index contributed by atoms with van der Waals surface area (Å²) in [5.74, 6) is -0.883. The van der Waals surface area contributed by atoms with Crippen molar-refractivity contribution in [2.24, 2.45) is 5.73 Å². The topological polar surface area (TPSA) is 128 Å². The Balaban J connectivity index is 1.61. The average Bonchev–Trinajstić information content (AvgIpc) is 2.74. The summed E-state index contributed by atoms with van der Waals surface area (Å²) in [7, 11) is -3.85. The van der Waals surface area contributed by atoms with Crippen molar-refractivity contribution in [3.63, 3.8) is 0 Å². The van der Waals surface area contributed by atoms with Crippen molar-refractivity contribution < 1.29 is 22.7 Å². The molecule has 0 heterocycles. The standard InChI is InChI=1S/C22H20ClN3O5S/c1-14-2-6-17(7-3-14)26-32(29,30)18-10-11-20(19(23)12-18)31-13-21(27)25-16-8-4-15(5-9-16)22(24)28/h2-12,26H,13H2,1H3,(H2,24,28)(H,25,27). The number of nitrogens with two attached hydrogens (primary N) is 1. The van der Waals surface area contributed by atoms with Crippen LogP contribution in [-0.2, 0) is 14.8 Å². The zero-order chi connectivity index (χ0) is 23.3. The molecule has 0 saturated heterocycles. The van der Waals surface area contributed by atoms with Gasteiger partial charge in [-0.05, 0) is 61.5 Å². The lowest BCUT2D eigenvalue weighted by Crippen LogP contribution is -2.20. The Labute approximate surface area is 190 Å². The maximum absolute atomic E-state index is 12.6. The first kappa shape index (κ1) is 23.1. The molecule has 3 rings (SSSR count). The molecule has 32 heavy (non-hydrogen) atoms. The van der Waals surface area contributed by atoms with Crippen molar-refractivity contribution >= 4 is 44.8 Å². The zero-order valence-corrected chi connectivity index (χ0v) is 18.5. The number of carbonyl (C=O) groups excluding carboxylic acids is 2. The molecule has 0 aliphatic heterocycles. The van der Waals surface area contributed by atoms with E-state index in [1.165, 1.54) is 42.5 Å². The molecule has 2 amide bonds. The fourth-order valence-electron chi connectivity index (χ4n) is 2.66. The highest BCUT2D eigenvalue weighted by Crippen LogP contribution is 2.28. The summed E-state index contributed by atoms with van der Waals surface area (Å²) in [6, 6.07) is 16.9. The Morgan fingerprint density at radius 2 is 1.59 bits per heavy atom. The van der Waals surface area contributed by atoms with Crippen LogP contribution in [0.3, 0.4) is 0 Å². The van der Waals surface area contributed by atoms with Crippen LogP contribution in [0.15, 0.2) is 71.6 Å². The second-order valence-electron chi connectivity index (χ2n) is 6.84. The van der Waals surface area contributed by atoms with Crippen molar-refractivity contribution in [2.75, 3.05) is 16.6 Å². The molecule has 0 aliphatic carbocycles. The first-order valence-electron chi connectivity index (χ1n) is 9.35. The van der Waals surface area contributed by atoms with Gasteiger partial charge in [0.2, 0.25) is 5.91 Å². The Hall–Kier alpha value is -3.56. The van der Waals surface area contributed by atoms with Gasteiger partial charge < -0.3 is 15.8 Å². The van der Waals surface area contributed by atoms with Gasteiger partial charge in [-0.2, -0.15) is 0 Å². The highest BCUT2D eigenvalue weighted by Gasteiger charge is 2.17. The molecule has 0 bridgehead atoms. The molecule has 4 N–H and O–H groups in total. The third kappa shape index (κ3) is 5.99. The number of aryl methyl sites for hydroxylation is 1. The monoisotopic (exact) mass is 473 g/mol. The Morgan fingerprint density at radius 1 is 0.969 bits per heavy atom. The fourth-order valence-corrected chi connectivity index (χ4v) is 4.04. The number of sulfonamides is 1. The molecule has 3 aromatic carbocycles. The molecule has 0 aromatic heterocycles. The number of primary amides is 1. The fraction of sp³-hybridized carbons (Fsp3) is 0.0909. The number of carbonyl (C=O) groups is 2. The summed E-state index contributed by atoms with van der Waals surface area (Å²) < 4.78 is 33.0. The number of amides is 2. The highest BCUT2D eigenvalue weighted by atomic mass is 35.5. The molecule has 0 unspecified atom stereocenters. The van der Waals surface area contributed by atoms with Gasteiger partial charge >= 0.3 is 0 Å². The lowest BCUT2D eigenvalue weighted by atomic mass is 10.2. The zero-order valence-electron chi connectivity index (χ0n) is 17.0. The van der Waals surface area contributed by atoms with E-state index in [4.69, 9.17) is 22.1 Å². The molecule has 0 radical (unpaired) electrons. The number of benzene rings is 3. The number of hydrogen-bond donors (Lipinski definition) is 3. The second kappa shape index (κ2) is 9.71. The summed E-state index contributed by atoms with van der Waals surface area (Å²) in [5, 5.41) is 2.64. The van der Waals surface area contributed by atoms with Crippen LogP contribution in [-0.4, -0.2) is 26.8 Å². The van der Waals surface area contributed by atoms with E-state index < -0.39 is 21.8 Å². The molecular formula is C22H20ClN3O5S. The van der Waals surface area contributed by atoms with Crippen molar-refractivity contribution in [1.82, 2.24) is 0 Å². The first-order valence-corrected chi connectivity index (χ1v) is 11.2. The number of rotatable bonds is 8. The van der Waals surface area contributed by atoms with Crippen molar-refractivity contribution in [3.05, 3.63) is 82.9 Å². The van der Waals surface area contributed by atoms with Gasteiger partial charge in [-0.3, -0.25) is 14.3 Å². The number of hydrogen-bond acceptors (Lipinski definition) is 5. The van der Waals surface area contributed by atoms with Crippen LogP contribution in [0.1, 0.15) is 15.9 Å². The van der Waals surface area contributed by atoms with Gasteiger partial charge in [-0.1, -0.05) is 29.3 Å². The molecule has 0 spiro atoms. The molecular weight excluding hydrogens is 454 g/mol. The Bertz CT molecular complexity index is 1240. The third-order valence-corrected chi connectivity index (χ3v) is 6.00. The first-order chi connectivity index (χ1) is 15.1. The molecule has 0 fully saturated rings. The quantitative estimate of drug-likeness (QED) is 0.460. The summed E-state index contributed by atoms with van der Waals surface area (Å²) in [6.45, 7) is 1.54. The van der Waals surface area contributed by atoms with E-state index in [1.807, 2.05) is 6.92 Å². The third-order valence-electron chi connectivity index (χ3n) is 4.33. The smallest absolute Gasteiger partial charge is 0.262 e. The van der Waals surface area contributed by atoms with E-state index in [0.29, 0.717) is 16.9 Å². The normalized spacial score (nSPS) is 10.9. The van der Waals surface area contributed by atoms with E-state index in [2.05, 4.69) is 10.0 Å². The largest absolute Gasteiger partial charge is 0.482 e. The van der Waals surface area contributed by atoms with Gasteiger partial charge in [0.15, 0.2) is 6.61 Å². The van der Waals surface area contributed by atoms with Crippen LogP contribution in [0.2, 0.25) is 5.02 Å². The minimum atomic E-state index is -3.85. The summed E-state index contributed by atoms with van der Waals surface area (Å²) >= 11 is 6.16. The van der Waals surface area contributed by atoms with Gasteiger partial charge in [0.05, 0.1) is 9.92 Å². The van der Waals surface area contributed by atoms with Crippen molar-refractivity contribution in [2.45, 2.75) is 11.8 Å². The Morgan fingerprint density at radius 3 is 2.19 bits per heavy atom. The van der Waals surface area contributed by atoms with E-state index >= 15 is 0 Å². The molecule has 166 valence electrons. The van der Waals surface area contributed by atoms with Crippen LogP contribution < -0.4 is 20.5 Å². The maximum atomic E-state index is 12.6. The highest BCUT2D eigenvalue weighted by molar-refractivity contribution is 7.92. The molecule has 0 saturated carbocycles. The predicted octanol–water partition coefficient (Wildman–Crippen LogP) is 3.57. The number of anilines is 2.